The number of nitrogens with zero attached hydrogens (tertiary/aromatic N) is 4. The highest BCUT2D eigenvalue weighted by molar-refractivity contribution is 5.79. The van der Waals surface area contributed by atoms with E-state index in [1.807, 2.05) is 20.2 Å². The molecule has 0 aliphatic carbocycles. The molecule has 7 nitrogen and oxygen atoms in total. The van der Waals surface area contributed by atoms with Gasteiger partial charge < -0.3 is 20.6 Å². The smallest absolute Gasteiger partial charge is 0.191 e. The van der Waals surface area contributed by atoms with Crippen LogP contribution in [0.4, 0.5) is 0 Å². The molecule has 0 aliphatic heterocycles. The van der Waals surface area contributed by atoms with Gasteiger partial charge in [0.25, 0.3) is 0 Å². The third-order valence-corrected chi connectivity index (χ3v) is 3.85. The van der Waals surface area contributed by atoms with Crippen molar-refractivity contribution >= 4 is 5.96 Å². The lowest BCUT2D eigenvalue weighted by molar-refractivity contribution is 0.0672. The lowest BCUT2D eigenvalue weighted by Crippen LogP contribution is -2.42. The molecule has 0 spiro atoms. The van der Waals surface area contributed by atoms with Crippen molar-refractivity contribution in [3.63, 3.8) is 0 Å². The zero-order valence-electron chi connectivity index (χ0n) is 15.3. The molecule has 23 heavy (non-hydrogen) atoms. The predicted molar refractivity (Wildman–Crippen MR) is 94.5 cm³/mol. The summed E-state index contributed by atoms with van der Waals surface area (Å²) in [4.78, 5) is 6.77. The van der Waals surface area contributed by atoms with Gasteiger partial charge in [0, 0.05) is 44.5 Å². The Balaban J connectivity index is 2.60. The van der Waals surface area contributed by atoms with Gasteiger partial charge in [0.05, 0.1) is 12.7 Å². The van der Waals surface area contributed by atoms with Crippen molar-refractivity contribution in [2.45, 2.75) is 39.3 Å². The molecule has 0 saturated carbocycles. The molecule has 1 atom stereocenters. The van der Waals surface area contributed by atoms with Crippen molar-refractivity contribution in [1.82, 2.24) is 25.3 Å². The number of nitrogens with one attached hydrogen (secondary N) is 2. The molecule has 0 aromatic carbocycles. The van der Waals surface area contributed by atoms with Crippen LogP contribution in [-0.4, -0.2) is 65.0 Å². The maximum Gasteiger partial charge on any atom is 0.191 e. The van der Waals surface area contributed by atoms with Gasteiger partial charge in [-0.3, -0.25) is 4.68 Å². The maximum absolute atomic E-state index is 10.6. The fourth-order valence-electron chi connectivity index (χ4n) is 1.97. The van der Waals surface area contributed by atoms with E-state index in [9.17, 15) is 5.11 Å². The Labute approximate surface area is 139 Å². The minimum atomic E-state index is -1.04. The highest BCUT2D eigenvalue weighted by atomic mass is 16.3. The molecule has 0 bridgehead atoms. The first-order valence-corrected chi connectivity index (χ1v) is 8.20. The normalized spacial score (nSPS) is 15.1. The van der Waals surface area contributed by atoms with Crippen LogP contribution in [0.25, 0.3) is 0 Å². The summed E-state index contributed by atoms with van der Waals surface area (Å²) in [6, 6.07) is 0.516. The van der Waals surface area contributed by atoms with Crippen LogP contribution in [0.15, 0.2) is 17.4 Å². The largest absolute Gasteiger partial charge is 0.383 e. The molecule has 7 heteroatoms. The maximum atomic E-state index is 10.6. The van der Waals surface area contributed by atoms with E-state index >= 15 is 0 Å². The third-order valence-electron chi connectivity index (χ3n) is 3.85. The van der Waals surface area contributed by atoms with E-state index in [4.69, 9.17) is 0 Å². The Hall–Kier alpha value is -1.60. The zero-order valence-corrected chi connectivity index (χ0v) is 15.3. The summed E-state index contributed by atoms with van der Waals surface area (Å²) >= 11 is 0. The minimum Gasteiger partial charge on any atom is -0.383 e. The Kier molecular flexibility index (Phi) is 7.51. The molecule has 0 fully saturated rings. The number of aromatic nitrogens is 2. The topological polar surface area (TPSA) is 77.7 Å². The number of likely N-dealkylation sites (N-methyl/N-ethyl adjacent to an activating group) is 1. The van der Waals surface area contributed by atoms with Gasteiger partial charge in [-0.05, 0) is 34.7 Å². The lowest BCUT2D eigenvalue weighted by Gasteiger charge is -2.23. The summed E-state index contributed by atoms with van der Waals surface area (Å²) < 4.78 is 1.68. The van der Waals surface area contributed by atoms with Gasteiger partial charge in [0.1, 0.15) is 5.60 Å². The van der Waals surface area contributed by atoms with Gasteiger partial charge in [-0.2, -0.15) is 5.10 Å². The number of hydrogen-bond acceptors (Lipinski definition) is 4. The molecule has 1 aromatic rings. The lowest BCUT2D eigenvalue weighted by atomic mass is 10.0. The highest BCUT2D eigenvalue weighted by Crippen LogP contribution is 2.19. The molecule has 0 amide bonds. The van der Waals surface area contributed by atoms with Gasteiger partial charge in [-0.1, -0.05) is 0 Å². The third kappa shape index (κ3) is 6.58. The van der Waals surface area contributed by atoms with Gasteiger partial charge in [-0.25, -0.2) is 4.99 Å². The van der Waals surface area contributed by atoms with Crippen LogP contribution in [0.2, 0.25) is 0 Å². The fraction of sp³-hybridized carbons (Fsp3) is 0.750. The van der Waals surface area contributed by atoms with E-state index in [-0.39, 0.29) is 6.54 Å². The van der Waals surface area contributed by atoms with Crippen LogP contribution < -0.4 is 10.6 Å². The molecule has 1 aromatic heterocycles. The molecule has 1 heterocycles. The second-order valence-electron chi connectivity index (χ2n) is 6.37. The summed E-state index contributed by atoms with van der Waals surface area (Å²) in [5.41, 5.74) is -0.273. The van der Waals surface area contributed by atoms with Crippen LogP contribution >= 0.6 is 0 Å². The van der Waals surface area contributed by atoms with Crippen LogP contribution in [0, 0.1) is 0 Å². The van der Waals surface area contributed by atoms with E-state index in [1.165, 1.54) is 0 Å². The Bertz CT molecular complexity index is 495. The average Bonchev–Trinajstić information content (AvgIpc) is 2.92. The highest BCUT2D eigenvalue weighted by Gasteiger charge is 2.24. The van der Waals surface area contributed by atoms with Crippen LogP contribution in [0.5, 0.6) is 0 Å². The van der Waals surface area contributed by atoms with Crippen LogP contribution in [0.3, 0.4) is 0 Å². The Morgan fingerprint density at radius 2 is 2.17 bits per heavy atom. The predicted octanol–water partition coefficient (Wildman–Crippen LogP) is 0.523. The molecule has 0 aliphatic rings. The minimum absolute atomic E-state index is 0.272. The van der Waals surface area contributed by atoms with Crippen LogP contribution in [0.1, 0.15) is 33.3 Å². The van der Waals surface area contributed by atoms with E-state index in [2.05, 4.69) is 46.5 Å². The first kappa shape index (κ1) is 19.4. The standard InChI is InChI=1S/C16H32N6O/c1-7-17-15(18-8-9-21(5)13(2)3)19-12-16(4,23)14-10-20-22(6)11-14/h10-11,13,23H,7-9,12H2,1-6H3,(H2,17,18,19). The number of aliphatic imine (C=N–C) groups is 1. The first-order chi connectivity index (χ1) is 10.8. The van der Waals surface area contributed by atoms with Crippen molar-refractivity contribution in [3.8, 4) is 0 Å². The molecule has 3 N–H and O–H groups in total. The average molecular weight is 324 g/mol. The van der Waals surface area contributed by atoms with Crippen molar-refractivity contribution < 1.29 is 5.11 Å². The van der Waals surface area contributed by atoms with Gasteiger partial charge >= 0.3 is 0 Å². The van der Waals surface area contributed by atoms with Crippen LogP contribution in [-0.2, 0) is 12.6 Å². The van der Waals surface area contributed by atoms with Gasteiger partial charge in [-0.15, -0.1) is 0 Å². The molecule has 132 valence electrons. The van der Waals surface area contributed by atoms with Crippen molar-refractivity contribution in [2.75, 3.05) is 33.2 Å². The fourth-order valence-corrected chi connectivity index (χ4v) is 1.97. The molecular formula is C16H32N6O. The SMILES string of the molecule is CCNC(=NCC(C)(O)c1cnn(C)c1)NCCN(C)C(C)C. The summed E-state index contributed by atoms with van der Waals surface area (Å²) in [5, 5.41) is 21.2. The first-order valence-electron chi connectivity index (χ1n) is 8.20. The van der Waals surface area contributed by atoms with E-state index in [0.29, 0.717) is 12.0 Å². The summed E-state index contributed by atoms with van der Waals surface area (Å²) in [7, 11) is 3.93. The molecule has 0 radical (unpaired) electrons. The number of guanidine groups is 1. The second-order valence-corrected chi connectivity index (χ2v) is 6.37. The summed E-state index contributed by atoms with van der Waals surface area (Å²) in [6.07, 6.45) is 3.49. The summed E-state index contributed by atoms with van der Waals surface area (Å²) in [5.74, 6) is 0.717. The van der Waals surface area contributed by atoms with E-state index in [0.717, 1.165) is 25.2 Å². The summed E-state index contributed by atoms with van der Waals surface area (Å²) in [6.45, 7) is 10.9. The van der Waals surface area contributed by atoms with E-state index < -0.39 is 5.60 Å². The van der Waals surface area contributed by atoms with Crippen molar-refractivity contribution in [2.24, 2.45) is 12.0 Å². The van der Waals surface area contributed by atoms with Gasteiger partial charge in [0.2, 0.25) is 0 Å². The molecule has 0 saturated heterocycles. The Morgan fingerprint density at radius 3 is 2.70 bits per heavy atom. The van der Waals surface area contributed by atoms with Crippen molar-refractivity contribution in [3.05, 3.63) is 18.0 Å². The van der Waals surface area contributed by atoms with E-state index in [1.54, 1.807) is 17.8 Å². The number of rotatable bonds is 8. The zero-order chi connectivity index (χ0) is 17.5. The quantitative estimate of drug-likeness (QED) is 0.480. The number of aryl methyl sites for hydroxylation is 1. The molecule has 1 rings (SSSR count). The monoisotopic (exact) mass is 324 g/mol. The Morgan fingerprint density at radius 1 is 1.48 bits per heavy atom. The second kappa shape index (κ2) is 8.88. The molecule has 1 unspecified atom stereocenters. The number of hydrogen-bond donors (Lipinski definition) is 3. The van der Waals surface area contributed by atoms with Crippen molar-refractivity contribution in [1.29, 1.82) is 0 Å². The number of aliphatic hydroxyl groups is 1. The van der Waals surface area contributed by atoms with Gasteiger partial charge in [0.15, 0.2) is 5.96 Å². The molecular weight excluding hydrogens is 292 g/mol.